The number of carbonyl (C=O) groups excluding carboxylic acids is 1. The van der Waals surface area contributed by atoms with E-state index in [4.69, 9.17) is 14.2 Å². The molecule has 1 aliphatic heterocycles. The number of fused-ring (bicyclic) bond motifs is 1. The molecule has 0 spiro atoms. The number of nitrogens with zero attached hydrogens (tertiary/aromatic N) is 1. The first-order valence-electron chi connectivity index (χ1n) is 10.2. The monoisotopic (exact) mass is 418 g/mol. The van der Waals surface area contributed by atoms with Crippen LogP contribution in [0.1, 0.15) is 11.6 Å². The van der Waals surface area contributed by atoms with Crippen molar-refractivity contribution in [2.45, 2.75) is 12.1 Å². The second kappa shape index (κ2) is 9.53. The highest BCUT2D eigenvalue weighted by Gasteiger charge is 2.30. The van der Waals surface area contributed by atoms with Crippen molar-refractivity contribution in [1.82, 2.24) is 4.90 Å². The van der Waals surface area contributed by atoms with Crippen molar-refractivity contribution in [3.05, 3.63) is 84.4 Å². The Hall–Kier alpha value is -3.51. The van der Waals surface area contributed by atoms with Crippen molar-refractivity contribution in [1.29, 1.82) is 0 Å². The fourth-order valence-corrected chi connectivity index (χ4v) is 3.73. The molecular weight excluding hydrogens is 392 g/mol. The molecule has 3 aromatic carbocycles. The van der Waals surface area contributed by atoms with Gasteiger partial charge in [-0.15, -0.1) is 0 Å². The lowest BCUT2D eigenvalue weighted by Crippen LogP contribution is -2.43. The van der Waals surface area contributed by atoms with Crippen LogP contribution >= 0.6 is 0 Å². The van der Waals surface area contributed by atoms with Crippen LogP contribution < -0.4 is 19.5 Å². The first kappa shape index (κ1) is 20.8. The third-order valence-electron chi connectivity index (χ3n) is 5.20. The number of rotatable bonds is 7. The Morgan fingerprint density at radius 3 is 2.58 bits per heavy atom. The van der Waals surface area contributed by atoms with Crippen molar-refractivity contribution in [3.8, 4) is 17.2 Å². The van der Waals surface area contributed by atoms with Crippen LogP contribution in [-0.4, -0.2) is 44.2 Å². The second-order valence-corrected chi connectivity index (χ2v) is 7.47. The summed E-state index contributed by atoms with van der Waals surface area (Å²) < 4.78 is 17.2. The van der Waals surface area contributed by atoms with Gasteiger partial charge in [-0.05, 0) is 36.9 Å². The zero-order chi connectivity index (χ0) is 21.6. The molecule has 6 nitrogen and oxygen atoms in total. The number of nitrogens with one attached hydrogen (secondary N) is 1. The van der Waals surface area contributed by atoms with Crippen LogP contribution in [0.25, 0.3) is 0 Å². The Morgan fingerprint density at radius 2 is 1.81 bits per heavy atom. The third kappa shape index (κ3) is 4.98. The molecule has 2 atom stereocenters. The molecule has 0 bridgehead atoms. The van der Waals surface area contributed by atoms with Gasteiger partial charge >= 0.3 is 0 Å². The Balaban J connectivity index is 1.51. The number of amides is 1. The van der Waals surface area contributed by atoms with Gasteiger partial charge in [0.05, 0.1) is 7.11 Å². The van der Waals surface area contributed by atoms with Crippen molar-refractivity contribution < 1.29 is 19.0 Å². The molecule has 0 aromatic heterocycles. The molecule has 1 amide bonds. The van der Waals surface area contributed by atoms with Gasteiger partial charge < -0.3 is 19.5 Å². The number of para-hydroxylation sites is 2. The molecule has 6 heteroatoms. The number of anilines is 1. The molecule has 1 N–H and O–H groups in total. The minimum absolute atomic E-state index is 0.126. The summed E-state index contributed by atoms with van der Waals surface area (Å²) >= 11 is 0. The van der Waals surface area contributed by atoms with E-state index in [9.17, 15) is 4.79 Å². The van der Waals surface area contributed by atoms with Crippen molar-refractivity contribution >= 4 is 11.6 Å². The summed E-state index contributed by atoms with van der Waals surface area (Å²) in [5.41, 5.74) is 1.59. The van der Waals surface area contributed by atoms with Crippen LogP contribution in [0, 0.1) is 0 Å². The molecule has 0 radical (unpaired) electrons. The van der Waals surface area contributed by atoms with Crippen LogP contribution in [0.4, 0.5) is 5.69 Å². The third-order valence-corrected chi connectivity index (χ3v) is 5.20. The van der Waals surface area contributed by atoms with Crippen molar-refractivity contribution in [2.75, 3.05) is 32.6 Å². The smallest absolute Gasteiger partial charge is 0.246 e. The maximum absolute atomic E-state index is 13.3. The SMILES string of the molecule is COc1cccc(NC(=O)[C@@H](c2ccccc2)N(C)C[C@@H]2COc3ccccc3O2)c1. The van der Waals surface area contributed by atoms with Crippen LogP contribution in [0.2, 0.25) is 0 Å². The number of methoxy groups -OCH3 is 1. The highest BCUT2D eigenvalue weighted by atomic mass is 16.6. The van der Waals surface area contributed by atoms with Crippen LogP contribution in [0.3, 0.4) is 0 Å². The molecule has 3 aromatic rings. The Morgan fingerprint density at radius 1 is 1.06 bits per heavy atom. The van der Waals surface area contributed by atoms with Crippen molar-refractivity contribution in [2.24, 2.45) is 0 Å². The predicted octanol–water partition coefficient (Wildman–Crippen LogP) is 4.15. The summed E-state index contributed by atoms with van der Waals surface area (Å²) in [5.74, 6) is 2.04. The van der Waals surface area contributed by atoms with E-state index in [0.717, 1.165) is 17.1 Å². The van der Waals surface area contributed by atoms with E-state index < -0.39 is 6.04 Å². The summed E-state index contributed by atoms with van der Waals surface area (Å²) in [7, 11) is 3.53. The highest BCUT2D eigenvalue weighted by molar-refractivity contribution is 5.95. The number of benzene rings is 3. The molecule has 0 fully saturated rings. The summed E-state index contributed by atoms with van der Waals surface area (Å²) in [4.78, 5) is 15.3. The average Bonchev–Trinajstić information content (AvgIpc) is 2.80. The quantitative estimate of drug-likeness (QED) is 0.625. The first-order chi connectivity index (χ1) is 15.1. The van der Waals surface area contributed by atoms with Crippen LogP contribution in [-0.2, 0) is 4.79 Å². The van der Waals surface area contributed by atoms with E-state index in [-0.39, 0.29) is 12.0 Å². The maximum atomic E-state index is 13.3. The molecule has 0 aliphatic carbocycles. The van der Waals surface area contributed by atoms with Crippen LogP contribution in [0.15, 0.2) is 78.9 Å². The molecule has 1 aliphatic rings. The summed E-state index contributed by atoms with van der Waals surface area (Å²) in [6.07, 6.45) is -0.185. The standard InChI is InChI=1S/C25H26N2O4/c1-27(16-21-17-30-22-13-6-7-14-23(22)31-21)24(18-9-4-3-5-10-18)25(28)26-19-11-8-12-20(15-19)29-2/h3-15,21,24H,16-17H2,1-2H3,(H,26,28)/t21-,24-/m1/s1. The zero-order valence-electron chi connectivity index (χ0n) is 17.7. The summed E-state index contributed by atoms with van der Waals surface area (Å²) in [6, 6.07) is 24.2. The summed E-state index contributed by atoms with van der Waals surface area (Å²) in [6.45, 7) is 0.958. The maximum Gasteiger partial charge on any atom is 0.246 e. The molecule has 0 saturated heterocycles. The molecule has 31 heavy (non-hydrogen) atoms. The predicted molar refractivity (Wildman–Crippen MR) is 120 cm³/mol. The fraction of sp³-hybridized carbons (Fsp3) is 0.240. The molecule has 160 valence electrons. The van der Waals surface area contributed by atoms with Gasteiger partial charge in [0.15, 0.2) is 11.5 Å². The van der Waals surface area contributed by atoms with E-state index in [2.05, 4.69) is 5.32 Å². The number of hydrogen-bond donors (Lipinski definition) is 1. The fourth-order valence-electron chi connectivity index (χ4n) is 3.73. The van der Waals surface area contributed by atoms with Gasteiger partial charge in [-0.25, -0.2) is 0 Å². The number of hydrogen-bond acceptors (Lipinski definition) is 5. The van der Waals surface area contributed by atoms with Crippen molar-refractivity contribution in [3.63, 3.8) is 0 Å². The Kier molecular flexibility index (Phi) is 6.38. The minimum atomic E-state index is -0.492. The van der Waals surface area contributed by atoms with E-state index in [1.54, 1.807) is 13.2 Å². The van der Waals surface area contributed by atoms with Gasteiger partial charge in [0.2, 0.25) is 5.91 Å². The van der Waals surface area contributed by atoms with Crippen LogP contribution in [0.5, 0.6) is 17.2 Å². The van der Waals surface area contributed by atoms with E-state index in [1.165, 1.54) is 0 Å². The second-order valence-electron chi connectivity index (χ2n) is 7.47. The molecule has 0 unspecified atom stereocenters. The van der Waals surface area contributed by atoms with Gasteiger partial charge in [-0.1, -0.05) is 48.5 Å². The van der Waals surface area contributed by atoms with E-state index in [1.807, 2.05) is 84.7 Å². The van der Waals surface area contributed by atoms with E-state index >= 15 is 0 Å². The zero-order valence-corrected chi connectivity index (χ0v) is 17.7. The number of ether oxygens (including phenoxy) is 3. The molecule has 4 rings (SSSR count). The van der Waals surface area contributed by atoms with E-state index in [0.29, 0.717) is 24.6 Å². The minimum Gasteiger partial charge on any atom is -0.497 e. The van der Waals surface area contributed by atoms with Gasteiger partial charge in [-0.3, -0.25) is 9.69 Å². The topological polar surface area (TPSA) is 60.0 Å². The lowest BCUT2D eigenvalue weighted by atomic mass is 10.0. The largest absolute Gasteiger partial charge is 0.497 e. The summed E-state index contributed by atoms with van der Waals surface area (Å²) in [5, 5.41) is 3.02. The lowest BCUT2D eigenvalue weighted by Gasteiger charge is -2.33. The molecular formula is C25H26N2O4. The Bertz CT molecular complexity index is 1020. The first-order valence-corrected chi connectivity index (χ1v) is 10.2. The van der Waals surface area contributed by atoms with Gasteiger partial charge in [0.1, 0.15) is 24.5 Å². The number of carbonyl (C=O) groups is 1. The Labute approximate surface area is 182 Å². The normalized spacial score (nSPS) is 15.9. The lowest BCUT2D eigenvalue weighted by molar-refractivity contribution is -0.121. The van der Waals surface area contributed by atoms with Gasteiger partial charge in [0, 0.05) is 18.3 Å². The average molecular weight is 418 g/mol. The molecule has 1 heterocycles. The van der Waals surface area contributed by atoms with Gasteiger partial charge in [0.25, 0.3) is 0 Å². The molecule has 0 saturated carbocycles. The number of likely N-dealkylation sites (N-methyl/N-ethyl adjacent to an activating group) is 1. The highest BCUT2D eigenvalue weighted by Crippen LogP contribution is 2.32. The van der Waals surface area contributed by atoms with Gasteiger partial charge in [-0.2, -0.15) is 0 Å².